The first kappa shape index (κ1) is 21.1. The maximum absolute atomic E-state index is 12.7. The normalized spacial score (nSPS) is 11.6. The van der Waals surface area contributed by atoms with E-state index in [1.54, 1.807) is 32.0 Å². The molecule has 0 aliphatic heterocycles. The molecule has 2 aromatic carbocycles. The summed E-state index contributed by atoms with van der Waals surface area (Å²) in [6, 6.07) is 10.2. The van der Waals surface area contributed by atoms with Gasteiger partial charge in [-0.15, -0.1) is 4.83 Å². The number of nitro benzene ring substituents is 1. The summed E-state index contributed by atoms with van der Waals surface area (Å²) in [6.07, 6.45) is 0. The van der Waals surface area contributed by atoms with E-state index >= 15 is 0 Å². The Hall–Kier alpha value is -3.64. The van der Waals surface area contributed by atoms with E-state index in [9.17, 15) is 28.1 Å². The van der Waals surface area contributed by atoms with Gasteiger partial charge in [0.05, 0.1) is 21.2 Å². The first-order valence-electron chi connectivity index (χ1n) is 8.70. The maximum atomic E-state index is 12.7. The zero-order valence-electron chi connectivity index (χ0n) is 15.9. The minimum atomic E-state index is -4.19. The third-order valence-corrected chi connectivity index (χ3v) is 5.45. The van der Waals surface area contributed by atoms with E-state index < -0.39 is 20.9 Å². The lowest BCUT2D eigenvalue weighted by atomic mass is 10.1. The van der Waals surface area contributed by atoms with Crippen LogP contribution >= 0.6 is 0 Å². The van der Waals surface area contributed by atoms with Crippen LogP contribution in [0.15, 0.2) is 58.2 Å². The zero-order valence-corrected chi connectivity index (χ0v) is 16.7. The number of non-ortho nitro benzene ring substituents is 1. The predicted octanol–water partition coefficient (Wildman–Crippen LogP) is 1.51. The van der Waals surface area contributed by atoms with Gasteiger partial charge in [-0.05, 0) is 32.0 Å². The topological polar surface area (TPSA) is 153 Å². The van der Waals surface area contributed by atoms with Gasteiger partial charge < -0.3 is 0 Å². The molecule has 156 valence electrons. The van der Waals surface area contributed by atoms with Crippen LogP contribution in [0.3, 0.4) is 0 Å². The highest BCUT2D eigenvalue weighted by atomic mass is 32.2. The number of fused-ring (bicyclic) bond motifs is 1. The lowest BCUT2D eigenvalue weighted by Crippen LogP contribution is -2.42. The Morgan fingerprint density at radius 3 is 2.27 bits per heavy atom. The van der Waals surface area contributed by atoms with Gasteiger partial charge in [-0.2, -0.15) is 5.10 Å². The van der Waals surface area contributed by atoms with Gasteiger partial charge >= 0.3 is 0 Å². The Kier molecular flexibility index (Phi) is 5.62. The Morgan fingerprint density at radius 1 is 1.10 bits per heavy atom. The molecule has 12 heteroatoms. The Balaban J connectivity index is 1.91. The quantitative estimate of drug-likeness (QED) is 0.443. The third-order valence-electron chi connectivity index (χ3n) is 4.19. The van der Waals surface area contributed by atoms with Gasteiger partial charge in [0.15, 0.2) is 5.69 Å². The second-order valence-corrected chi connectivity index (χ2v) is 8.23. The van der Waals surface area contributed by atoms with Crippen molar-refractivity contribution in [3.05, 3.63) is 74.7 Å². The fourth-order valence-electron chi connectivity index (χ4n) is 2.70. The molecule has 11 nitrogen and oxygen atoms in total. The molecule has 0 bridgehead atoms. The first-order valence-corrected chi connectivity index (χ1v) is 10.2. The Bertz CT molecular complexity index is 1300. The molecule has 2 N–H and O–H groups in total. The monoisotopic (exact) mass is 431 g/mol. The zero-order chi connectivity index (χ0) is 22.1. The van der Waals surface area contributed by atoms with Gasteiger partial charge in [0.1, 0.15) is 0 Å². The molecule has 0 saturated heterocycles. The molecule has 0 aliphatic carbocycles. The molecule has 0 fully saturated rings. The van der Waals surface area contributed by atoms with Gasteiger partial charge in [0.2, 0.25) is 0 Å². The van der Waals surface area contributed by atoms with Crippen molar-refractivity contribution in [3.8, 4) is 0 Å². The molecule has 1 amide bonds. The predicted molar refractivity (Wildman–Crippen MR) is 107 cm³/mol. The Morgan fingerprint density at radius 2 is 1.70 bits per heavy atom. The number of carbonyl (C=O) groups is 1. The minimum Gasteiger partial charge on any atom is -0.272 e. The minimum absolute atomic E-state index is 0.134. The van der Waals surface area contributed by atoms with Crippen LogP contribution in [-0.2, 0) is 10.0 Å². The summed E-state index contributed by atoms with van der Waals surface area (Å²) < 4.78 is 25.9. The number of hydrazine groups is 1. The fraction of sp³-hybridized carbons (Fsp3) is 0.167. The highest BCUT2D eigenvalue weighted by molar-refractivity contribution is 7.89. The van der Waals surface area contributed by atoms with Crippen molar-refractivity contribution in [2.24, 2.45) is 0 Å². The molecule has 1 aromatic heterocycles. The summed E-state index contributed by atoms with van der Waals surface area (Å²) in [5.41, 5.74) is 1.29. The second kappa shape index (κ2) is 8.00. The van der Waals surface area contributed by atoms with Crippen LogP contribution in [0.5, 0.6) is 0 Å². The molecule has 0 saturated carbocycles. The lowest BCUT2D eigenvalue weighted by molar-refractivity contribution is -0.384. The lowest BCUT2D eigenvalue weighted by Gasteiger charge is -2.14. The highest BCUT2D eigenvalue weighted by Gasteiger charge is 2.21. The van der Waals surface area contributed by atoms with E-state index in [-0.39, 0.29) is 38.7 Å². The number of hydrogen-bond donors (Lipinski definition) is 2. The van der Waals surface area contributed by atoms with Crippen molar-refractivity contribution >= 4 is 32.4 Å². The summed E-state index contributed by atoms with van der Waals surface area (Å²) in [5.74, 6) is -0.869. The number of amides is 1. The second-order valence-electron chi connectivity index (χ2n) is 6.55. The fourth-order valence-corrected chi connectivity index (χ4v) is 3.54. The van der Waals surface area contributed by atoms with Crippen molar-refractivity contribution in [3.63, 3.8) is 0 Å². The first-order chi connectivity index (χ1) is 14.1. The molecule has 1 heterocycles. The number of carbonyl (C=O) groups excluding carboxylic acids is 1. The van der Waals surface area contributed by atoms with Crippen molar-refractivity contribution in [1.29, 1.82) is 0 Å². The summed E-state index contributed by atoms with van der Waals surface area (Å²) >= 11 is 0. The third kappa shape index (κ3) is 4.04. The van der Waals surface area contributed by atoms with Gasteiger partial charge in [0, 0.05) is 17.5 Å². The summed E-state index contributed by atoms with van der Waals surface area (Å²) in [7, 11) is -4.19. The molecule has 0 unspecified atom stereocenters. The highest BCUT2D eigenvalue weighted by Crippen LogP contribution is 2.16. The van der Waals surface area contributed by atoms with E-state index in [0.29, 0.717) is 0 Å². The average Bonchev–Trinajstić information content (AvgIpc) is 2.72. The molecule has 0 spiro atoms. The van der Waals surface area contributed by atoms with E-state index in [4.69, 9.17) is 0 Å². The SMILES string of the molecule is CC(C)n1nc(C(=O)NNS(=O)(=O)c2ccc([N+](=O)[O-])cc2)c2ccccc2c1=O. The summed E-state index contributed by atoms with van der Waals surface area (Å²) in [4.78, 5) is 36.9. The number of nitro groups is 1. The number of sulfonamides is 1. The van der Waals surface area contributed by atoms with Gasteiger partial charge in [0.25, 0.3) is 27.2 Å². The van der Waals surface area contributed by atoms with E-state index in [1.807, 2.05) is 4.83 Å². The van der Waals surface area contributed by atoms with E-state index in [1.165, 1.54) is 6.07 Å². The van der Waals surface area contributed by atoms with Crippen molar-refractivity contribution < 1.29 is 18.1 Å². The van der Waals surface area contributed by atoms with Crippen LogP contribution in [0, 0.1) is 10.1 Å². The van der Waals surface area contributed by atoms with Crippen LogP contribution in [0.4, 0.5) is 5.69 Å². The van der Waals surface area contributed by atoms with Crippen LogP contribution in [0.25, 0.3) is 10.8 Å². The van der Waals surface area contributed by atoms with Crippen LogP contribution in [0.1, 0.15) is 30.4 Å². The van der Waals surface area contributed by atoms with Crippen molar-refractivity contribution in [1.82, 2.24) is 20.0 Å². The molecular weight excluding hydrogens is 414 g/mol. The molecule has 3 aromatic rings. The Labute approximate surface area is 170 Å². The molecule has 3 rings (SSSR count). The van der Waals surface area contributed by atoms with Crippen molar-refractivity contribution in [2.75, 3.05) is 0 Å². The van der Waals surface area contributed by atoms with Gasteiger partial charge in [-0.3, -0.25) is 25.1 Å². The van der Waals surface area contributed by atoms with Gasteiger partial charge in [-0.25, -0.2) is 13.1 Å². The molecule has 0 aliphatic rings. The van der Waals surface area contributed by atoms with Crippen LogP contribution in [-0.4, -0.2) is 29.0 Å². The van der Waals surface area contributed by atoms with Crippen LogP contribution in [0.2, 0.25) is 0 Å². The smallest absolute Gasteiger partial charge is 0.272 e. The van der Waals surface area contributed by atoms with Gasteiger partial charge in [-0.1, -0.05) is 18.2 Å². The molecule has 0 radical (unpaired) electrons. The standard InChI is InChI=1S/C18H17N5O6S/c1-11(2)22-18(25)15-6-4-3-5-14(15)16(20-22)17(24)19-21-30(28,29)13-9-7-12(8-10-13)23(26)27/h3-11,21H,1-2H3,(H,19,24). The van der Waals surface area contributed by atoms with E-state index in [2.05, 4.69) is 10.5 Å². The summed E-state index contributed by atoms with van der Waals surface area (Å²) in [6.45, 7) is 3.45. The average molecular weight is 431 g/mol. The van der Waals surface area contributed by atoms with E-state index in [0.717, 1.165) is 28.9 Å². The largest absolute Gasteiger partial charge is 0.287 e. The van der Waals surface area contributed by atoms with Crippen LogP contribution < -0.4 is 15.8 Å². The number of rotatable bonds is 6. The molecular formula is C18H17N5O6S. The maximum Gasteiger partial charge on any atom is 0.287 e. The molecule has 0 atom stereocenters. The summed E-state index contributed by atoms with van der Waals surface area (Å²) in [5, 5.41) is 15.3. The molecule has 30 heavy (non-hydrogen) atoms. The number of nitrogens with zero attached hydrogens (tertiary/aromatic N) is 3. The number of benzene rings is 2. The number of aromatic nitrogens is 2. The number of nitrogens with one attached hydrogen (secondary N) is 2. The van der Waals surface area contributed by atoms with Crippen molar-refractivity contribution in [2.45, 2.75) is 24.8 Å². The number of hydrogen-bond acceptors (Lipinski definition) is 7.